The van der Waals surface area contributed by atoms with Crippen LogP contribution in [0.2, 0.25) is 0 Å². The van der Waals surface area contributed by atoms with Gasteiger partial charge in [0.15, 0.2) is 0 Å². The Hall–Kier alpha value is -1.05. The van der Waals surface area contributed by atoms with Gasteiger partial charge in [-0.1, -0.05) is 12.8 Å². The summed E-state index contributed by atoms with van der Waals surface area (Å²) < 4.78 is 5.86. The molecule has 1 aliphatic carbocycles. The Bertz CT molecular complexity index is 405. The lowest BCUT2D eigenvalue weighted by molar-refractivity contribution is 0.266. The maximum absolute atomic E-state index is 5.86. The van der Waals surface area contributed by atoms with Gasteiger partial charge in [0.1, 0.15) is 5.75 Å². The van der Waals surface area contributed by atoms with Crippen molar-refractivity contribution in [2.75, 3.05) is 6.61 Å². The number of hydrogen-bond donors (Lipinski definition) is 0. The third-order valence-electron chi connectivity index (χ3n) is 3.90. The first kappa shape index (κ1) is 9.20. The second kappa shape index (κ2) is 2.97. The number of aromatic nitrogens is 1. The van der Waals surface area contributed by atoms with Gasteiger partial charge in [-0.05, 0) is 32.8 Å². The SMILES string of the molecule is Cc1cc2c(c(C)n1)OCC21CCCC1. The first-order valence-electron chi connectivity index (χ1n) is 5.83. The Morgan fingerprint density at radius 1 is 1.27 bits per heavy atom. The summed E-state index contributed by atoms with van der Waals surface area (Å²) in [5.74, 6) is 1.07. The van der Waals surface area contributed by atoms with Gasteiger partial charge in [-0.2, -0.15) is 0 Å². The molecule has 2 heteroatoms. The average molecular weight is 203 g/mol. The van der Waals surface area contributed by atoms with Crippen LogP contribution in [0.3, 0.4) is 0 Å². The molecule has 3 rings (SSSR count). The first-order valence-corrected chi connectivity index (χ1v) is 5.83. The van der Waals surface area contributed by atoms with E-state index in [-0.39, 0.29) is 0 Å². The van der Waals surface area contributed by atoms with Crippen LogP contribution in [-0.2, 0) is 5.41 Å². The van der Waals surface area contributed by atoms with Gasteiger partial charge in [0.2, 0.25) is 0 Å². The molecule has 0 radical (unpaired) electrons. The molecular formula is C13H17NO. The summed E-state index contributed by atoms with van der Waals surface area (Å²) in [5, 5.41) is 0. The molecule has 1 spiro atoms. The molecular weight excluding hydrogens is 186 g/mol. The Morgan fingerprint density at radius 3 is 2.73 bits per heavy atom. The van der Waals surface area contributed by atoms with E-state index in [0.717, 1.165) is 23.7 Å². The van der Waals surface area contributed by atoms with Crippen molar-refractivity contribution >= 4 is 0 Å². The molecule has 1 aliphatic heterocycles. The molecule has 2 heterocycles. The zero-order valence-electron chi connectivity index (χ0n) is 9.47. The van der Waals surface area contributed by atoms with Crippen molar-refractivity contribution in [1.29, 1.82) is 0 Å². The number of pyridine rings is 1. The second-order valence-corrected chi connectivity index (χ2v) is 5.00. The molecule has 80 valence electrons. The maximum atomic E-state index is 5.86. The number of fused-ring (bicyclic) bond motifs is 2. The fourth-order valence-electron chi connectivity index (χ4n) is 3.15. The van der Waals surface area contributed by atoms with E-state index in [1.165, 1.54) is 31.2 Å². The predicted molar refractivity (Wildman–Crippen MR) is 59.4 cm³/mol. The molecule has 0 saturated heterocycles. The first-order chi connectivity index (χ1) is 7.21. The number of nitrogens with zero attached hydrogens (tertiary/aromatic N) is 1. The van der Waals surface area contributed by atoms with E-state index in [0.29, 0.717) is 5.41 Å². The summed E-state index contributed by atoms with van der Waals surface area (Å²) in [6.07, 6.45) is 5.29. The summed E-state index contributed by atoms with van der Waals surface area (Å²) in [6, 6.07) is 2.24. The van der Waals surface area contributed by atoms with Gasteiger partial charge in [-0.25, -0.2) is 0 Å². The number of ether oxygens (including phenoxy) is 1. The minimum absolute atomic E-state index is 0.341. The van der Waals surface area contributed by atoms with Crippen LogP contribution in [0.15, 0.2) is 6.07 Å². The third kappa shape index (κ3) is 1.20. The Labute approximate surface area is 90.7 Å². The minimum Gasteiger partial charge on any atom is -0.490 e. The summed E-state index contributed by atoms with van der Waals surface area (Å²) in [5.41, 5.74) is 3.97. The molecule has 1 fully saturated rings. The molecule has 1 saturated carbocycles. The van der Waals surface area contributed by atoms with E-state index in [1.807, 2.05) is 0 Å². The van der Waals surface area contributed by atoms with Crippen LogP contribution in [0, 0.1) is 13.8 Å². The smallest absolute Gasteiger partial charge is 0.144 e. The van der Waals surface area contributed by atoms with Gasteiger partial charge >= 0.3 is 0 Å². The maximum Gasteiger partial charge on any atom is 0.144 e. The van der Waals surface area contributed by atoms with Crippen molar-refractivity contribution in [3.63, 3.8) is 0 Å². The molecule has 2 aliphatic rings. The van der Waals surface area contributed by atoms with E-state index in [9.17, 15) is 0 Å². The van der Waals surface area contributed by atoms with Crippen LogP contribution in [-0.4, -0.2) is 11.6 Å². The van der Waals surface area contributed by atoms with Crippen LogP contribution in [0.5, 0.6) is 5.75 Å². The van der Waals surface area contributed by atoms with Crippen molar-refractivity contribution in [2.45, 2.75) is 44.9 Å². The molecule has 1 aromatic heterocycles. The zero-order chi connectivity index (χ0) is 10.5. The topological polar surface area (TPSA) is 22.1 Å². The minimum atomic E-state index is 0.341. The molecule has 15 heavy (non-hydrogen) atoms. The fourth-order valence-corrected chi connectivity index (χ4v) is 3.15. The molecule has 0 unspecified atom stereocenters. The lowest BCUT2D eigenvalue weighted by Gasteiger charge is -2.21. The third-order valence-corrected chi connectivity index (χ3v) is 3.90. The normalized spacial score (nSPS) is 21.7. The average Bonchev–Trinajstić information content (AvgIpc) is 2.77. The number of rotatable bonds is 0. The van der Waals surface area contributed by atoms with Crippen LogP contribution in [0.1, 0.15) is 42.6 Å². The molecule has 0 bridgehead atoms. The lowest BCUT2D eigenvalue weighted by Crippen LogP contribution is -2.23. The molecule has 1 aromatic rings. The highest BCUT2D eigenvalue weighted by atomic mass is 16.5. The highest BCUT2D eigenvalue weighted by molar-refractivity contribution is 5.47. The molecule has 2 nitrogen and oxygen atoms in total. The molecule has 0 aromatic carbocycles. The number of aryl methyl sites for hydroxylation is 2. The largest absolute Gasteiger partial charge is 0.490 e. The van der Waals surface area contributed by atoms with E-state index < -0.39 is 0 Å². The number of hydrogen-bond acceptors (Lipinski definition) is 2. The Kier molecular flexibility index (Phi) is 1.82. The van der Waals surface area contributed by atoms with Crippen molar-refractivity contribution < 1.29 is 4.74 Å². The summed E-state index contributed by atoms with van der Waals surface area (Å²) in [6.45, 7) is 5.02. The fraction of sp³-hybridized carbons (Fsp3) is 0.615. The van der Waals surface area contributed by atoms with Gasteiger partial charge in [0.25, 0.3) is 0 Å². The van der Waals surface area contributed by atoms with Crippen LogP contribution >= 0.6 is 0 Å². The highest BCUT2D eigenvalue weighted by Gasteiger charge is 2.43. The van der Waals surface area contributed by atoms with E-state index >= 15 is 0 Å². The molecule has 0 N–H and O–H groups in total. The standard InChI is InChI=1S/C13H17NO/c1-9-7-11-12(10(2)14-9)15-8-13(11)5-3-4-6-13/h7H,3-6,8H2,1-2H3. The second-order valence-electron chi connectivity index (χ2n) is 5.00. The monoisotopic (exact) mass is 203 g/mol. The molecule has 0 atom stereocenters. The summed E-state index contributed by atoms with van der Waals surface area (Å²) >= 11 is 0. The van der Waals surface area contributed by atoms with Gasteiger partial charge in [0.05, 0.1) is 12.3 Å². The van der Waals surface area contributed by atoms with Crippen molar-refractivity contribution in [2.24, 2.45) is 0 Å². The summed E-state index contributed by atoms with van der Waals surface area (Å²) in [7, 11) is 0. The highest BCUT2D eigenvalue weighted by Crippen LogP contribution is 2.49. The lowest BCUT2D eigenvalue weighted by atomic mass is 9.81. The Morgan fingerprint density at radius 2 is 2.00 bits per heavy atom. The van der Waals surface area contributed by atoms with Crippen molar-refractivity contribution in [1.82, 2.24) is 4.98 Å². The predicted octanol–water partition coefficient (Wildman–Crippen LogP) is 2.90. The van der Waals surface area contributed by atoms with Gasteiger partial charge in [-0.3, -0.25) is 4.98 Å². The van der Waals surface area contributed by atoms with Crippen LogP contribution < -0.4 is 4.74 Å². The summed E-state index contributed by atoms with van der Waals surface area (Å²) in [4.78, 5) is 4.47. The quantitative estimate of drug-likeness (QED) is 0.646. The van der Waals surface area contributed by atoms with Crippen molar-refractivity contribution in [3.8, 4) is 5.75 Å². The zero-order valence-corrected chi connectivity index (χ0v) is 9.47. The van der Waals surface area contributed by atoms with E-state index in [2.05, 4.69) is 24.9 Å². The van der Waals surface area contributed by atoms with E-state index in [1.54, 1.807) is 0 Å². The van der Waals surface area contributed by atoms with Gasteiger partial charge < -0.3 is 4.74 Å². The Balaban J connectivity index is 2.16. The van der Waals surface area contributed by atoms with E-state index in [4.69, 9.17) is 4.74 Å². The van der Waals surface area contributed by atoms with Crippen LogP contribution in [0.25, 0.3) is 0 Å². The molecule has 0 amide bonds. The van der Waals surface area contributed by atoms with Gasteiger partial charge in [0, 0.05) is 16.7 Å². The van der Waals surface area contributed by atoms with Gasteiger partial charge in [-0.15, -0.1) is 0 Å². The van der Waals surface area contributed by atoms with Crippen LogP contribution in [0.4, 0.5) is 0 Å². The van der Waals surface area contributed by atoms with Crippen molar-refractivity contribution in [3.05, 3.63) is 23.0 Å².